The van der Waals surface area contributed by atoms with E-state index < -0.39 is 42.2 Å². The monoisotopic (exact) mass is 328 g/mol. The van der Waals surface area contributed by atoms with E-state index in [1.807, 2.05) is 0 Å². The van der Waals surface area contributed by atoms with E-state index in [-0.39, 0.29) is 11.4 Å². The number of nitrogens with one attached hydrogen (secondary N) is 1. The summed E-state index contributed by atoms with van der Waals surface area (Å²) in [5, 5.41) is 41.8. The summed E-state index contributed by atoms with van der Waals surface area (Å²) in [7, 11) is 0. The average molecular weight is 328 g/mol. The lowest BCUT2D eigenvalue weighted by atomic mass is 9.97. The van der Waals surface area contributed by atoms with Crippen LogP contribution in [-0.2, 0) is 9.53 Å². The van der Waals surface area contributed by atoms with Crippen LogP contribution in [0.4, 0.5) is 5.69 Å². The number of rotatable bonds is 6. The standard InChI is InChI=1S/C13H16N2O8/c16-5-9-11(18)12(19)10(14-6-17)13(23-9)22-8-3-1-7(2-4-8)15(20)21/h1-4,6,9-13,16,18-19H,5H2,(H,14,17)/t9-,10-,11-,12-,13-/m1/s1. The number of hydrogen-bond acceptors (Lipinski definition) is 8. The van der Waals surface area contributed by atoms with Gasteiger partial charge in [-0.3, -0.25) is 14.9 Å². The number of carbonyl (C=O) groups excluding carboxylic acids is 1. The number of non-ortho nitro benzene ring substituents is 1. The first kappa shape index (κ1) is 17.1. The predicted octanol–water partition coefficient (Wildman–Crippen LogP) is -1.47. The van der Waals surface area contributed by atoms with E-state index in [0.29, 0.717) is 6.41 Å². The van der Waals surface area contributed by atoms with Crippen molar-refractivity contribution in [3.63, 3.8) is 0 Å². The van der Waals surface area contributed by atoms with Gasteiger partial charge in [-0.05, 0) is 12.1 Å². The van der Waals surface area contributed by atoms with Crippen molar-refractivity contribution in [3.8, 4) is 5.75 Å². The fourth-order valence-corrected chi connectivity index (χ4v) is 2.22. The summed E-state index contributed by atoms with van der Waals surface area (Å²) < 4.78 is 10.8. The molecule has 1 fully saturated rings. The molecule has 0 aromatic heterocycles. The van der Waals surface area contributed by atoms with Crippen molar-refractivity contribution < 1.29 is 34.5 Å². The third kappa shape index (κ3) is 3.74. The van der Waals surface area contributed by atoms with E-state index in [9.17, 15) is 25.1 Å². The molecule has 10 nitrogen and oxygen atoms in total. The molecule has 5 atom stereocenters. The Hall–Kier alpha value is -2.27. The zero-order valence-electron chi connectivity index (χ0n) is 11.8. The fraction of sp³-hybridized carbons (Fsp3) is 0.462. The first-order valence-corrected chi connectivity index (χ1v) is 6.71. The van der Waals surface area contributed by atoms with Gasteiger partial charge in [0.25, 0.3) is 5.69 Å². The summed E-state index contributed by atoms with van der Waals surface area (Å²) in [6, 6.07) is 4.00. The Labute approximate surface area is 130 Å². The second-order valence-corrected chi connectivity index (χ2v) is 4.89. The molecule has 1 aromatic rings. The highest BCUT2D eigenvalue weighted by molar-refractivity contribution is 5.47. The lowest BCUT2D eigenvalue weighted by Gasteiger charge is -2.41. The van der Waals surface area contributed by atoms with Crippen LogP contribution in [0.5, 0.6) is 5.75 Å². The minimum atomic E-state index is -1.42. The molecule has 0 saturated carbocycles. The van der Waals surface area contributed by atoms with Crippen molar-refractivity contribution in [2.75, 3.05) is 6.61 Å². The van der Waals surface area contributed by atoms with Crippen LogP contribution in [0.25, 0.3) is 0 Å². The van der Waals surface area contributed by atoms with E-state index in [0.717, 1.165) is 0 Å². The molecule has 1 aromatic carbocycles. The van der Waals surface area contributed by atoms with Crippen molar-refractivity contribution in [1.82, 2.24) is 5.32 Å². The number of benzene rings is 1. The topological polar surface area (TPSA) is 151 Å². The summed E-state index contributed by atoms with van der Waals surface area (Å²) in [6.45, 7) is -0.563. The Kier molecular flexibility index (Phi) is 5.45. The quantitative estimate of drug-likeness (QED) is 0.280. The molecule has 23 heavy (non-hydrogen) atoms. The van der Waals surface area contributed by atoms with E-state index in [2.05, 4.69) is 5.32 Å². The zero-order chi connectivity index (χ0) is 17.0. The molecule has 1 amide bonds. The van der Waals surface area contributed by atoms with Crippen LogP contribution < -0.4 is 10.1 Å². The number of aliphatic hydroxyl groups is 3. The maximum atomic E-state index is 10.7. The smallest absolute Gasteiger partial charge is 0.269 e. The molecule has 1 aliphatic rings. The molecule has 4 N–H and O–H groups in total. The summed E-state index contributed by atoms with van der Waals surface area (Å²) in [6.07, 6.45) is -4.81. The van der Waals surface area contributed by atoms with Crippen molar-refractivity contribution in [2.24, 2.45) is 0 Å². The Bertz CT molecular complexity index is 551. The highest BCUT2D eigenvalue weighted by Gasteiger charge is 2.45. The van der Waals surface area contributed by atoms with E-state index in [1.54, 1.807) is 0 Å². The van der Waals surface area contributed by atoms with Gasteiger partial charge in [-0.25, -0.2) is 0 Å². The largest absolute Gasteiger partial charge is 0.463 e. The Morgan fingerprint density at radius 1 is 1.30 bits per heavy atom. The van der Waals surface area contributed by atoms with Gasteiger partial charge in [-0.1, -0.05) is 0 Å². The number of nitro benzene ring substituents is 1. The molecule has 2 rings (SSSR count). The summed E-state index contributed by atoms with van der Waals surface area (Å²) in [5.74, 6) is 0.193. The fourth-order valence-electron chi connectivity index (χ4n) is 2.22. The van der Waals surface area contributed by atoms with Gasteiger partial charge in [0, 0.05) is 12.1 Å². The van der Waals surface area contributed by atoms with Gasteiger partial charge in [0.15, 0.2) is 0 Å². The maximum Gasteiger partial charge on any atom is 0.269 e. The molecule has 0 unspecified atom stereocenters. The first-order chi connectivity index (χ1) is 11.0. The average Bonchev–Trinajstić information content (AvgIpc) is 2.54. The maximum absolute atomic E-state index is 10.7. The van der Waals surface area contributed by atoms with Gasteiger partial charge in [0.05, 0.1) is 11.5 Å². The molecule has 0 aliphatic carbocycles. The number of nitro groups is 1. The van der Waals surface area contributed by atoms with Gasteiger partial charge in [-0.15, -0.1) is 0 Å². The Balaban J connectivity index is 2.16. The molecule has 126 valence electrons. The summed E-state index contributed by atoms with van der Waals surface area (Å²) >= 11 is 0. The minimum absolute atomic E-state index is 0.131. The number of hydrogen-bond donors (Lipinski definition) is 4. The van der Waals surface area contributed by atoms with Gasteiger partial charge in [-0.2, -0.15) is 0 Å². The lowest BCUT2D eigenvalue weighted by molar-refractivity contribution is -0.384. The van der Waals surface area contributed by atoms with Crippen LogP contribution >= 0.6 is 0 Å². The molecule has 10 heteroatoms. The van der Waals surface area contributed by atoms with Crippen molar-refractivity contribution in [3.05, 3.63) is 34.4 Å². The highest BCUT2D eigenvalue weighted by Crippen LogP contribution is 2.25. The second kappa shape index (κ2) is 7.33. The minimum Gasteiger partial charge on any atom is -0.463 e. The first-order valence-electron chi connectivity index (χ1n) is 6.71. The SMILES string of the molecule is O=CN[C@H]1[C@H](Oc2ccc([N+](=O)[O-])cc2)O[C@H](CO)[C@@H](O)[C@@H]1O. The number of ether oxygens (including phenoxy) is 2. The van der Waals surface area contributed by atoms with Crippen LogP contribution in [0, 0.1) is 10.1 Å². The van der Waals surface area contributed by atoms with Crippen LogP contribution in [-0.4, -0.2) is 63.9 Å². The number of carbonyl (C=O) groups is 1. The summed E-state index contributed by atoms with van der Waals surface area (Å²) in [5.41, 5.74) is -0.131. The Morgan fingerprint density at radius 2 is 1.96 bits per heavy atom. The van der Waals surface area contributed by atoms with E-state index >= 15 is 0 Å². The van der Waals surface area contributed by atoms with Crippen molar-refractivity contribution in [1.29, 1.82) is 0 Å². The van der Waals surface area contributed by atoms with Crippen molar-refractivity contribution >= 4 is 12.1 Å². The molecule has 0 radical (unpaired) electrons. The molecule has 1 heterocycles. The van der Waals surface area contributed by atoms with Gasteiger partial charge >= 0.3 is 0 Å². The summed E-state index contributed by atoms with van der Waals surface area (Å²) in [4.78, 5) is 20.7. The highest BCUT2D eigenvalue weighted by atomic mass is 16.7. The third-order valence-corrected chi connectivity index (χ3v) is 3.44. The Morgan fingerprint density at radius 3 is 2.48 bits per heavy atom. The van der Waals surface area contributed by atoms with Crippen LogP contribution in [0.1, 0.15) is 0 Å². The normalized spacial score (nSPS) is 30.5. The van der Waals surface area contributed by atoms with Crippen LogP contribution in [0.3, 0.4) is 0 Å². The second-order valence-electron chi connectivity index (χ2n) is 4.89. The third-order valence-electron chi connectivity index (χ3n) is 3.44. The molecular weight excluding hydrogens is 312 g/mol. The van der Waals surface area contributed by atoms with Gasteiger partial charge in [0.2, 0.25) is 12.7 Å². The predicted molar refractivity (Wildman–Crippen MR) is 74.5 cm³/mol. The molecule has 0 bridgehead atoms. The van der Waals surface area contributed by atoms with Crippen LogP contribution in [0.2, 0.25) is 0 Å². The lowest BCUT2D eigenvalue weighted by Crippen LogP contribution is -2.64. The molecule has 1 aliphatic heterocycles. The van der Waals surface area contributed by atoms with Crippen LogP contribution in [0.15, 0.2) is 24.3 Å². The number of aliphatic hydroxyl groups excluding tert-OH is 3. The van der Waals surface area contributed by atoms with E-state index in [1.165, 1.54) is 24.3 Å². The molecule has 0 spiro atoms. The molecule has 1 saturated heterocycles. The number of amides is 1. The van der Waals surface area contributed by atoms with E-state index in [4.69, 9.17) is 14.6 Å². The van der Waals surface area contributed by atoms with Gasteiger partial charge in [0.1, 0.15) is 30.1 Å². The number of nitrogens with zero attached hydrogens (tertiary/aromatic N) is 1. The molecular formula is C13H16N2O8. The van der Waals surface area contributed by atoms with Crippen molar-refractivity contribution in [2.45, 2.75) is 30.6 Å². The zero-order valence-corrected chi connectivity index (χ0v) is 11.8. The van der Waals surface area contributed by atoms with Gasteiger partial charge < -0.3 is 30.1 Å².